The van der Waals surface area contributed by atoms with E-state index in [1.165, 1.54) is 0 Å². The fourth-order valence-corrected chi connectivity index (χ4v) is 2.89. The molecule has 0 aromatic heterocycles. The van der Waals surface area contributed by atoms with Gasteiger partial charge in [0.2, 0.25) is 0 Å². The number of carboxylic acid groups (broad SMARTS) is 1. The molecule has 0 saturated carbocycles. The van der Waals surface area contributed by atoms with Crippen molar-refractivity contribution < 1.29 is 9.90 Å². The molecule has 0 aliphatic carbocycles. The number of benzene rings is 1. The standard InChI is InChI=1S/C16H24N2O2/c1-3-14-11-18(10-9-17(14)2)12-15(16(19)20)13-7-5-4-6-8-13/h4-8,14-15H,3,9-12H2,1-2H3,(H,19,20). The molecular formula is C16H24N2O2. The van der Waals surface area contributed by atoms with Crippen LogP contribution in [0.25, 0.3) is 0 Å². The highest BCUT2D eigenvalue weighted by atomic mass is 16.4. The third kappa shape index (κ3) is 3.58. The van der Waals surface area contributed by atoms with E-state index in [9.17, 15) is 9.90 Å². The summed E-state index contributed by atoms with van der Waals surface area (Å²) in [4.78, 5) is 16.2. The van der Waals surface area contributed by atoms with Crippen molar-refractivity contribution in [1.29, 1.82) is 0 Å². The average Bonchev–Trinajstić information content (AvgIpc) is 2.47. The molecule has 1 fully saturated rings. The SMILES string of the molecule is CCC1CN(CC(C(=O)O)c2ccccc2)CCN1C. The van der Waals surface area contributed by atoms with Crippen molar-refractivity contribution in [2.45, 2.75) is 25.3 Å². The number of rotatable bonds is 5. The molecule has 2 atom stereocenters. The molecule has 0 radical (unpaired) electrons. The first kappa shape index (κ1) is 15.0. The highest BCUT2D eigenvalue weighted by molar-refractivity contribution is 5.76. The number of carboxylic acids is 1. The Morgan fingerprint density at radius 2 is 2.05 bits per heavy atom. The van der Waals surface area contributed by atoms with Crippen LogP contribution in [0.4, 0.5) is 0 Å². The topological polar surface area (TPSA) is 43.8 Å². The summed E-state index contributed by atoms with van der Waals surface area (Å²) < 4.78 is 0. The number of nitrogens with zero attached hydrogens (tertiary/aromatic N) is 2. The molecule has 1 aromatic rings. The molecule has 1 heterocycles. The number of piperazine rings is 1. The highest BCUT2D eigenvalue weighted by Crippen LogP contribution is 2.20. The van der Waals surface area contributed by atoms with E-state index >= 15 is 0 Å². The first-order valence-corrected chi connectivity index (χ1v) is 7.32. The molecular weight excluding hydrogens is 252 g/mol. The van der Waals surface area contributed by atoms with Crippen molar-refractivity contribution in [3.05, 3.63) is 35.9 Å². The molecule has 20 heavy (non-hydrogen) atoms. The van der Waals surface area contributed by atoms with E-state index in [4.69, 9.17) is 0 Å². The second kappa shape index (κ2) is 6.86. The Labute approximate surface area is 121 Å². The Bertz CT molecular complexity index is 435. The van der Waals surface area contributed by atoms with E-state index < -0.39 is 11.9 Å². The lowest BCUT2D eigenvalue weighted by Crippen LogP contribution is -2.52. The van der Waals surface area contributed by atoms with E-state index in [1.54, 1.807) is 0 Å². The monoisotopic (exact) mass is 276 g/mol. The summed E-state index contributed by atoms with van der Waals surface area (Å²) in [6.07, 6.45) is 1.11. The molecule has 0 bridgehead atoms. The molecule has 1 aromatic carbocycles. The predicted octanol–water partition coefficient (Wildman–Crippen LogP) is 1.88. The van der Waals surface area contributed by atoms with Gasteiger partial charge in [0, 0.05) is 32.2 Å². The number of aliphatic carboxylic acids is 1. The van der Waals surface area contributed by atoms with Gasteiger partial charge in [-0.15, -0.1) is 0 Å². The molecule has 0 spiro atoms. The van der Waals surface area contributed by atoms with Crippen LogP contribution in [-0.4, -0.2) is 60.1 Å². The molecule has 4 heteroatoms. The summed E-state index contributed by atoms with van der Waals surface area (Å²) in [7, 11) is 2.15. The second-order valence-electron chi connectivity index (χ2n) is 5.60. The van der Waals surface area contributed by atoms with Gasteiger partial charge in [0.1, 0.15) is 0 Å². The minimum absolute atomic E-state index is 0.433. The highest BCUT2D eigenvalue weighted by Gasteiger charge is 2.28. The Balaban J connectivity index is 2.04. The van der Waals surface area contributed by atoms with Gasteiger partial charge in [-0.2, -0.15) is 0 Å². The number of likely N-dealkylation sites (N-methyl/N-ethyl adjacent to an activating group) is 1. The van der Waals surface area contributed by atoms with Crippen molar-refractivity contribution >= 4 is 5.97 Å². The Morgan fingerprint density at radius 1 is 1.35 bits per heavy atom. The van der Waals surface area contributed by atoms with Gasteiger partial charge in [-0.25, -0.2) is 0 Å². The molecule has 2 unspecified atom stereocenters. The van der Waals surface area contributed by atoms with Crippen LogP contribution in [0.5, 0.6) is 0 Å². The number of carbonyl (C=O) groups is 1. The molecule has 110 valence electrons. The van der Waals surface area contributed by atoms with E-state index in [0.717, 1.165) is 31.6 Å². The van der Waals surface area contributed by atoms with Crippen molar-refractivity contribution in [3.8, 4) is 0 Å². The molecule has 1 saturated heterocycles. The number of hydrogen-bond donors (Lipinski definition) is 1. The zero-order valence-electron chi connectivity index (χ0n) is 12.3. The number of hydrogen-bond acceptors (Lipinski definition) is 3. The van der Waals surface area contributed by atoms with E-state index in [1.807, 2.05) is 30.3 Å². The zero-order valence-corrected chi connectivity index (χ0v) is 12.3. The Morgan fingerprint density at radius 3 is 2.65 bits per heavy atom. The van der Waals surface area contributed by atoms with Crippen LogP contribution in [0.3, 0.4) is 0 Å². The first-order valence-electron chi connectivity index (χ1n) is 7.32. The van der Waals surface area contributed by atoms with Crippen molar-refractivity contribution in [1.82, 2.24) is 9.80 Å². The average molecular weight is 276 g/mol. The summed E-state index contributed by atoms with van der Waals surface area (Å²) >= 11 is 0. The van der Waals surface area contributed by atoms with Crippen LogP contribution in [-0.2, 0) is 4.79 Å². The first-order chi connectivity index (χ1) is 9.61. The van der Waals surface area contributed by atoms with Crippen molar-refractivity contribution in [3.63, 3.8) is 0 Å². The summed E-state index contributed by atoms with van der Waals surface area (Å²) in [6.45, 7) is 5.72. The Hall–Kier alpha value is -1.39. The van der Waals surface area contributed by atoms with E-state index in [0.29, 0.717) is 12.6 Å². The van der Waals surface area contributed by atoms with Gasteiger partial charge in [0.05, 0.1) is 5.92 Å². The van der Waals surface area contributed by atoms with Crippen LogP contribution in [0, 0.1) is 0 Å². The molecule has 0 amide bonds. The van der Waals surface area contributed by atoms with Gasteiger partial charge in [-0.3, -0.25) is 9.69 Å². The van der Waals surface area contributed by atoms with Crippen LogP contribution >= 0.6 is 0 Å². The van der Waals surface area contributed by atoms with Gasteiger partial charge in [0.15, 0.2) is 0 Å². The van der Waals surface area contributed by atoms with Crippen LogP contribution in [0.15, 0.2) is 30.3 Å². The summed E-state index contributed by atoms with van der Waals surface area (Å²) in [6, 6.07) is 10.1. The minimum Gasteiger partial charge on any atom is -0.481 e. The maximum Gasteiger partial charge on any atom is 0.312 e. The van der Waals surface area contributed by atoms with Crippen LogP contribution in [0.1, 0.15) is 24.8 Å². The van der Waals surface area contributed by atoms with Crippen LogP contribution in [0.2, 0.25) is 0 Å². The van der Waals surface area contributed by atoms with Gasteiger partial charge in [-0.05, 0) is 19.0 Å². The minimum atomic E-state index is -0.733. The fraction of sp³-hybridized carbons (Fsp3) is 0.562. The zero-order chi connectivity index (χ0) is 14.5. The maximum atomic E-state index is 11.6. The molecule has 1 N–H and O–H groups in total. The van der Waals surface area contributed by atoms with Crippen molar-refractivity contribution in [2.24, 2.45) is 0 Å². The van der Waals surface area contributed by atoms with Crippen molar-refractivity contribution in [2.75, 3.05) is 33.2 Å². The van der Waals surface area contributed by atoms with Gasteiger partial charge >= 0.3 is 5.97 Å². The third-order valence-electron chi connectivity index (χ3n) is 4.27. The molecule has 1 aliphatic heterocycles. The van der Waals surface area contributed by atoms with Gasteiger partial charge in [0.25, 0.3) is 0 Å². The summed E-state index contributed by atoms with van der Waals surface area (Å²) in [5, 5.41) is 9.50. The third-order valence-corrected chi connectivity index (χ3v) is 4.27. The largest absolute Gasteiger partial charge is 0.481 e. The smallest absolute Gasteiger partial charge is 0.312 e. The quantitative estimate of drug-likeness (QED) is 0.892. The lowest BCUT2D eigenvalue weighted by Gasteiger charge is -2.40. The van der Waals surface area contributed by atoms with Crippen LogP contribution < -0.4 is 0 Å². The predicted molar refractivity (Wildman–Crippen MR) is 80.0 cm³/mol. The fourth-order valence-electron chi connectivity index (χ4n) is 2.89. The second-order valence-corrected chi connectivity index (χ2v) is 5.60. The maximum absolute atomic E-state index is 11.6. The van der Waals surface area contributed by atoms with E-state index in [2.05, 4.69) is 23.8 Å². The molecule has 2 rings (SSSR count). The summed E-state index contributed by atoms with van der Waals surface area (Å²) in [5.41, 5.74) is 0.895. The molecule has 1 aliphatic rings. The van der Waals surface area contributed by atoms with Gasteiger partial charge < -0.3 is 10.0 Å². The van der Waals surface area contributed by atoms with E-state index in [-0.39, 0.29) is 0 Å². The normalized spacial score (nSPS) is 22.6. The Kier molecular flexibility index (Phi) is 5.15. The molecule has 4 nitrogen and oxygen atoms in total. The summed E-state index contributed by atoms with van der Waals surface area (Å²) in [5.74, 6) is -1.17. The van der Waals surface area contributed by atoms with Gasteiger partial charge in [-0.1, -0.05) is 37.3 Å². The lowest BCUT2D eigenvalue weighted by atomic mass is 9.97. The lowest BCUT2D eigenvalue weighted by molar-refractivity contribution is -0.139.